The number of likely N-dealkylation sites (tertiary alicyclic amines) is 2. The number of aromatic nitrogens is 3. The van der Waals surface area contributed by atoms with E-state index in [1.165, 1.54) is 11.8 Å². The summed E-state index contributed by atoms with van der Waals surface area (Å²) >= 11 is 1.38. The molecule has 1 aromatic heterocycles. The molecule has 0 bridgehead atoms. The Morgan fingerprint density at radius 1 is 1.48 bits per heavy atom. The molecule has 8 heteroatoms. The molecule has 0 radical (unpaired) electrons. The molecule has 128 valence electrons. The Morgan fingerprint density at radius 3 is 2.83 bits per heavy atom. The van der Waals surface area contributed by atoms with E-state index < -0.39 is 0 Å². The van der Waals surface area contributed by atoms with Crippen LogP contribution in [0.25, 0.3) is 0 Å². The van der Waals surface area contributed by atoms with Crippen molar-refractivity contribution in [3.8, 4) is 0 Å². The number of aliphatic hydroxyl groups excluding tert-OH is 1. The van der Waals surface area contributed by atoms with Gasteiger partial charge in [0.25, 0.3) is 0 Å². The first-order valence-electron chi connectivity index (χ1n) is 8.12. The normalized spacial score (nSPS) is 25.0. The third-order valence-corrected chi connectivity index (χ3v) is 5.71. The maximum absolute atomic E-state index is 12.4. The fourth-order valence-corrected chi connectivity index (χ4v) is 4.57. The molecule has 3 heterocycles. The van der Waals surface area contributed by atoms with Gasteiger partial charge in [0.2, 0.25) is 11.1 Å². The van der Waals surface area contributed by atoms with Crippen LogP contribution in [0, 0.1) is 12.3 Å². The van der Waals surface area contributed by atoms with Crippen molar-refractivity contribution in [2.45, 2.75) is 37.4 Å². The van der Waals surface area contributed by atoms with Crippen LogP contribution in [0.3, 0.4) is 0 Å². The molecular weight excluding hydrogens is 314 g/mol. The van der Waals surface area contributed by atoms with Gasteiger partial charge in [0.1, 0.15) is 5.82 Å². The third-order valence-electron chi connectivity index (χ3n) is 4.87. The molecule has 0 saturated carbocycles. The molecule has 2 aliphatic heterocycles. The second-order valence-corrected chi connectivity index (χ2v) is 7.87. The van der Waals surface area contributed by atoms with E-state index in [-0.39, 0.29) is 17.4 Å². The number of nitrogens with one attached hydrogen (secondary N) is 1. The van der Waals surface area contributed by atoms with Crippen LogP contribution in [0.1, 0.15) is 25.1 Å². The molecule has 1 spiro atoms. The Hall–Kier alpha value is -1.12. The summed E-state index contributed by atoms with van der Waals surface area (Å²) in [7, 11) is 2.07. The van der Waals surface area contributed by atoms with Crippen LogP contribution in [0.2, 0.25) is 0 Å². The first-order chi connectivity index (χ1) is 11.0. The molecule has 1 aromatic rings. The van der Waals surface area contributed by atoms with Crippen LogP contribution in [0.4, 0.5) is 0 Å². The number of aromatic amines is 1. The molecule has 2 saturated heterocycles. The third kappa shape index (κ3) is 4.05. The number of H-pyrrole nitrogens is 1. The minimum atomic E-state index is -0.236. The van der Waals surface area contributed by atoms with Crippen LogP contribution in [-0.2, 0) is 4.79 Å². The second kappa shape index (κ2) is 6.78. The number of amides is 1. The summed E-state index contributed by atoms with van der Waals surface area (Å²) in [6, 6.07) is 0. The van der Waals surface area contributed by atoms with Crippen molar-refractivity contribution < 1.29 is 9.90 Å². The number of thioether (sulfide) groups is 1. The van der Waals surface area contributed by atoms with E-state index in [1.54, 1.807) is 0 Å². The monoisotopic (exact) mass is 339 g/mol. The van der Waals surface area contributed by atoms with Crippen LogP contribution in [0.15, 0.2) is 5.16 Å². The lowest BCUT2D eigenvalue weighted by Gasteiger charge is -2.48. The smallest absolute Gasteiger partial charge is 0.233 e. The lowest BCUT2D eigenvalue weighted by Crippen LogP contribution is -2.53. The van der Waals surface area contributed by atoms with E-state index in [0.717, 1.165) is 51.3 Å². The Bertz CT molecular complexity index is 544. The van der Waals surface area contributed by atoms with Gasteiger partial charge < -0.3 is 14.9 Å². The van der Waals surface area contributed by atoms with Gasteiger partial charge in [-0.15, -0.1) is 5.10 Å². The molecule has 7 nitrogen and oxygen atoms in total. The van der Waals surface area contributed by atoms with E-state index in [2.05, 4.69) is 27.1 Å². The van der Waals surface area contributed by atoms with Gasteiger partial charge in [-0.1, -0.05) is 11.8 Å². The highest BCUT2D eigenvalue weighted by atomic mass is 32.2. The number of β-amino-alcohol motifs (C(OH)–C–C–N with tert-alkyl or cyclic N) is 1. The van der Waals surface area contributed by atoms with Crippen molar-refractivity contribution in [3.63, 3.8) is 0 Å². The van der Waals surface area contributed by atoms with Crippen LogP contribution in [0.5, 0.6) is 0 Å². The highest BCUT2D eigenvalue weighted by molar-refractivity contribution is 7.99. The van der Waals surface area contributed by atoms with Crippen LogP contribution < -0.4 is 0 Å². The largest absolute Gasteiger partial charge is 0.392 e. The highest BCUT2D eigenvalue weighted by Gasteiger charge is 2.41. The fraction of sp³-hybridized carbons (Fsp3) is 0.800. The summed E-state index contributed by atoms with van der Waals surface area (Å²) in [6.07, 6.45) is 2.58. The zero-order chi connectivity index (χ0) is 16.4. The molecule has 2 N–H and O–H groups in total. The summed E-state index contributed by atoms with van der Waals surface area (Å²) in [5.74, 6) is 1.30. The quantitative estimate of drug-likeness (QED) is 0.781. The average Bonchev–Trinajstić information content (AvgIpc) is 2.90. The van der Waals surface area contributed by atoms with E-state index in [1.807, 2.05) is 11.8 Å². The van der Waals surface area contributed by atoms with Crippen molar-refractivity contribution in [2.75, 3.05) is 39.0 Å². The maximum Gasteiger partial charge on any atom is 0.233 e. The first kappa shape index (κ1) is 16.7. The number of carbonyl (C=O) groups is 1. The number of hydrogen-bond donors (Lipinski definition) is 2. The van der Waals surface area contributed by atoms with E-state index in [9.17, 15) is 9.90 Å². The number of rotatable bonds is 3. The van der Waals surface area contributed by atoms with Gasteiger partial charge in [-0.25, -0.2) is 4.98 Å². The fourth-order valence-electron chi connectivity index (χ4n) is 3.82. The Morgan fingerprint density at radius 2 is 2.22 bits per heavy atom. The molecule has 23 heavy (non-hydrogen) atoms. The molecule has 3 rings (SSSR count). The maximum atomic E-state index is 12.4. The predicted molar refractivity (Wildman–Crippen MR) is 88.2 cm³/mol. The number of aryl methyl sites for hydroxylation is 1. The molecule has 2 fully saturated rings. The van der Waals surface area contributed by atoms with Crippen molar-refractivity contribution >= 4 is 17.7 Å². The van der Waals surface area contributed by atoms with E-state index >= 15 is 0 Å². The summed E-state index contributed by atoms with van der Waals surface area (Å²) < 4.78 is 0. The number of likely N-dealkylation sites (N-methyl/N-ethyl adjacent to an activating group) is 1. The van der Waals surface area contributed by atoms with Crippen molar-refractivity contribution in [3.05, 3.63) is 5.82 Å². The molecule has 1 amide bonds. The minimum absolute atomic E-state index is 0.150. The van der Waals surface area contributed by atoms with Gasteiger partial charge >= 0.3 is 0 Å². The number of carbonyl (C=O) groups excluding carboxylic acids is 1. The van der Waals surface area contributed by atoms with Crippen LogP contribution in [-0.4, -0.2) is 81.1 Å². The lowest BCUT2D eigenvalue weighted by atomic mass is 9.72. The van der Waals surface area contributed by atoms with E-state index in [0.29, 0.717) is 10.9 Å². The van der Waals surface area contributed by atoms with Gasteiger partial charge in [0, 0.05) is 26.2 Å². The average molecular weight is 339 g/mol. The molecular formula is C15H25N5O2S. The summed E-state index contributed by atoms with van der Waals surface area (Å²) in [5, 5.41) is 17.5. The Labute approximate surface area is 140 Å². The van der Waals surface area contributed by atoms with Gasteiger partial charge in [0.05, 0.1) is 11.9 Å². The Kier molecular flexibility index (Phi) is 4.93. The van der Waals surface area contributed by atoms with Crippen molar-refractivity contribution in [2.24, 2.45) is 5.41 Å². The summed E-state index contributed by atoms with van der Waals surface area (Å²) in [4.78, 5) is 20.7. The molecule has 1 unspecified atom stereocenters. The van der Waals surface area contributed by atoms with Gasteiger partial charge in [-0.05, 0) is 38.6 Å². The molecule has 0 aromatic carbocycles. The number of piperidine rings is 2. The Balaban J connectivity index is 1.49. The lowest BCUT2D eigenvalue weighted by molar-refractivity contribution is -0.132. The SMILES string of the molecule is Cc1nc(SCC(=O)N2CCC3(CC2)CC(O)CN(C)C3)n[nH]1. The van der Waals surface area contributed by atoms with Gasteiger partial charge in [-0.3, -0.25) is 9.89 Å². The number of hydrogen-bond acceptors (Lipinski definition) is 6. The zero-order valence-electron chi connectivity index (χ0n) is 13.8. The number of aliphatic hydroxyl groups is 1. The first-order valence-corrected chi connectivity index (χ1v) is 9.11. The van der Waals surface area contributed by atoms with E-state index in [4.69, 9.17) is 0 Å². The number of nitrogens with zero attached hydrogens (tertiary/aromatic N) is 4. The standard InChI is InChI=1S/C15H25N5O2S/c1-11-16-14(18-17-11)23-9-13(22)20-5-3-15(4-6-20)7-12(21)8-19(2)10-15/h12,21H,3-10H2,1-2H3,(H,16,17,18). The summed E-state index contributed by atoms with van der Waals surface area (Å²) in [6.45, 7) is 5.20. The van der Waals surface area contributed by atoms with Crippen molar-refractivity contribution in [1.29, 1.82) is 0 Å². The highest BCUT2D eigenvalue weighted by Crippen LogP contribution is 2.39. The van der Waals surface area contributed by atoms with Crippen molar-refractivity contribution in [1.82, 2.24) is 25.0 Å². The topological polar surface area (TPSA) is 85.3 Å². The van der Waals surface area contributed by atoms with Gasteiger partial charge in [0.15, 0.2) is 0 Å². The predicted octanol–water partition coefficient (Wildman–Crippen LogP) is 0.510. The van der Waals surface area contributed by atoms with Crippen LogP contribution >= 0.6 is 11.8 Å². The second-order valence-electron chi connectivity index (χ2n) is 6.93. The zero-order valence-corrected chi connectivity index (χ0v) is 14.6. The molecule has 1 atom stereocenters. The van der Waals surface area contributed by atoms with Gasteiger partial charge in [-0.2, -0.15) is 0 Å². The molecule has 0 aliphatic carbocycles. The molecule has 2 aliphatic rings. The minimum Gasteiger partial charge on any atom is -0.392 e. The summed E-state index contributed by atoms with van der Waals surface area (Å²) in [5.41, 5.74) is 0.178.